The molecular formula is C15H28N2O2. The van der Waals surface area contributed by atoms with Crippen molar-refractivity contribution in [3.05, 3.63) is 12.4 Å². The minimum Gasteiger partial charge on any atom is -0.422 e. The van der Waals surface area contributed by atoms with Crippen LogP contribution in [0.4, 0.5) is 0 Å². The third kappa shape index (κ3) is 5.13. The molecule has 4 heteroatoms. The summed E-state index contributed by atoms with van der Waals surface area (Å²) in [6, 6.07) is 0. The summed E-state index contributed by atoms with van der Waals surface area (Å²) < 4.78 is 5.58. The van der Waals surface area contributed by atoms with Crippen LogP contribution in [0, 0.1) is 0 Å². The summed E-state index contributed by atoms with van der Waals surface area (Å²) in [6.07, 6.45) is 10.1. The lowest BCUT2D eigenvalue weighted by Gasteiger charge is -2.30. The molecule has 19 heavy (non-hydrogen) atoms. The van der Waals surface area contributed by atoms with Crippen LogP contribution < -0.4 is 0 Å². The first kappa shape index (κ1) is 15.9. The van der Waals surface area contributed by atoms with Crippen molar-refractivity contribution in [3.63, 3.8) is 0 Å². The minimum absolute atomic E-state index is 0.0814. The number of ether oxygens (including phenoxy) is 1. The molecule has 110 valence electrons. The molecule has 1 rings (SSSR count). The summed E-state index contributed by atoms with van der Waals surface area (Å²) in [5.74, 6) is -0.0814. The molecule has 4 nitrogen and oxygen atoms in total. The monoisotopic (exact) mass is 268 g/mol. The fraction of sp³-hybridized carbons (Fsp3) is 0.800. The van der Waals surface area contributed by atoms with E-state index < -0.39 is 0 Å². The van der Waals surface area contributed by atoms with E-state index in [1.165, 1.54) is 19.3 Å². The lowest BCUT2D eigenvalue weighted by atomic mass is 10.1. The van der Waals surface area contributed by atoms with Crippen molar-refractivity contribution in [2.45, 2.75) is 65.6 Å². The molecule has 1 aliphatic rings. The first-order valence-electron chi connectivity index (χ1n) is 7.62. The molecule has 0 bridgehead atoms. The summed E-state index contributed by atoms with van der Waals surface area (Å²) in [5.41, 5.74) is 0. The molecule has 0 aromatic carbocycles. The Morgan fingerprint density at radius 2 is 1.58 bits per heavy atom. The highest BCUT2D eigenvalue weighted by Crippen LogP contribution is 2.17. The van der Waals surface area contributed by atoms with Crippen LogP contribution >= 0.6 is 0 Å². The van der Waals surface area contributed by atoms with E-state index in [-0.39, 0.29) is 12.3 Å². The Labute approximate surface area is 117 Å². The lowest BCUT2D eigenvalue weighted by molar-refractivity contribution is -0.168. The van der Waals surface area contributed by atoms with Gasteiger partial charge < -0.3 is 14.5 Å². The summed E-state index contributed by atoms with van der Waals surface area (Å²) in [6.45, 7) is 8.02. The van der Waals surface area contributed by atoms with Gasteiger partial charge in [-0.25, -0.2) is 0 Å². The summed E-state index contributed by atoms with van der Waals surface area (Å²) in [5, 5.41) is 0. The van der Waals surface area contributed by atoms with Crippen molar-refractivity contribution >= 4 is 5.97 Å². The van der Waals surface area contributed by atoms with Crippen LogP contribution in [-0.4, -0.2) is 35.2 Å². The van der Waals surface area contributed by atoms with Gasteiger partial charge in [-0.05, 0) is 20.3 Å². The van der Waals surface area contributed by atoms with Gasteiger partial charge in [-0.2, -0.15) is 0 Å². The first-order chi connectivity index (χ1) is 9.22. The SMILES string of the molecule is CCCCCCCC(=O)OC1N(CC)C=CN1CC. The second-order valence-corrected chi connectivity index (χ2v) is 4.94. The fourth-order valence-corrected chi connectivity index (χ4v) is 2.22. The Morgan fingerprint density at radius 1 is 1.00 bits per heavy atom. The molecule has 0 aromatic rings. The van der Waals surface area contributed by atoms with E-state index in [1.54, 1.807) is 0 Å². The van der Waals surface area contributed by atoms with Crippen LogP contribution in [0.3, 0.4) is 0 Å². The zero-order valence-corrected chi connectivity index (χ0v) is 12.6. The molecule has 0 aromatic heterocycles. The van der Waals surface area contributed by atoms with Crippen LogP contribution in [0.1, 0.15) is 59.3 Å². The molecule has 0 atom stereocenters. The highest BCUT2D eigenvalue weighted by atomic mass is 16.6. The van der Waals surface area contributed by atoms with Gasteiger partial charge in [-0.1, -0.05) is 32.6 Å². The second-order valence-electron chi connectivity index (χ2n) is 4.94. The van der Waals surface area contributed by atoms with E-state index >= 15 is 0 Å². The molecule has 0 radical (unpaired) electrons. The van der Waals surface area contributed by atoms with E-state index in [4.69, 9.17) is 4.74 Å². The Balaban J connectivity index is 2.26. The van der Waals surface area contributed by atoms with Crippen LogP contribution in [-0.2, 0) is 9.53 Å². The molecular weight excluding hydrogens is 240 g/mol. The largest absolute Gasteiger partial charge is 0.422 e. The maximum absolute atomic E-state index is 11.9. The van der Waals surface area contributed by atoms with Crippen LogP contribution in [0.5, 0.6) is 0 Å². The van der Waals surface area contributed by atoms with Crippen molar-refractivity contribution < 1.29 is 9.53 Å². The number of rotatable bonds is 9. The molecule has 0 amide bonds. The van der Waals surface area contributed by atoms with E-state index in [0.717, 1.165) is 25.9 Å². The first-order valence-corrected chi connectivity index (χ1v) is 7.62. The average molecular weight is 268 g/mol. The highest BCUT2D eigenvalue weighted by molar-refractivity contribution is 5.69. The van der Waals surface area contributed by atoms with Gasteiger partial charge >= 0.3 is 5.97 Å². The smallest absolute Gasteiger partial charge is 0.309 e. The van der Waals surface area contributed by atoms with Gasteiger partial charge in [0.25, 0.3) is 6.35 Å². The van der Waals surface area contributed by atoms with Crippen molar-refractivity contribution in [1.29, 1.82) is 0 Å². The number of unbranched alkanes of at least 4 members (excludes halogenated alkanes) is 4. The molecule has 0 N–H and O–H groups in total. The van der Waals surface area contributed by atoms with Crippen molar-refractivity contribution in [1.82, 2.24) is 9.80 Å². The lowest BCUT2D eigenvalue weighted by Crippen LogP contribution is -2.42. The van der Waals surface area contributed by atoms with Gasteiger partial charge in [0, 0.05) is 31.9 Å². The normalized spacial score (nSPS) is 15.3. The maximum Gasteiger partial charge on any atom is 0.309 e. The van der Waals surface area contributed by atoms with Gasteiger partial charge in [-0.15, -0.1) is 0 Å². The number of carbonyl (C=O) groups is 1. The maximum atomic E-state index is 11.9. The molecule has 0 spiro atoms. The van der Waals surface area contributed by atoms with Gasteiger partial charge in [0.2, 0.25) is 0 Å². The summed E-state index contributed by atoms with van der Waals surface area (Å²) in [7, 11) is 0. The minimum atomic E-state index is -0.238. The number of nitrogens with zero attached hydrogens (tertiary/aromatic N) is 2. The quantitative estimate of drug-likeness (QED) is 0.474. The Bertz CT molecular complexity index is 278. The van der Waals surface area contributed by atoms with E-state index in [2.05, 4.69) is 20.8 Å². The van der Waals surface area contributed by atoms with Crippen molar-refractivity contribution in [2.75, 3.05) is 13.1 Å². The molecule has 0 unspecified atom stereocenters. The molecule has 0 saturated heterocycles. The van der Waals surface area contributed by atoms with Crippen LogP contribution in [0.15, 0.2) is 12.4 Å². The Morgan fingerprint density at radius 3 is 2.11 bits per heavy atom. The zero-order valence-electron chi connectivity index (χ0n) is 12.6. The van der Waals surface area contributed by atoms with Crippen LogP contribution in [0.25, 0.3) is 0 Å². The van der Waals surface area contributed by atoms with Gasteiger partial charge in [0.05, 0.1) is 0 Å². The fourth-order valence-electron chi connectivity index (χ4n) is 2.22. The predicted molar refractivity (Wildman–Crippen MR) is 77.2 cm³/mol. The molecule has 0 aliphatic carbocycles. The van der Waals surface area contributed by atoms with Crippen molar-refractivity contribution in [2.24, 2.45) is 0 Å². The van der Waals surface area contributed by atoms with Gasteiger partial charge in [-0.3, -0.25) is 4.79 Å². The molecule has 0 fully saturated rings. The highest BCUT2D eigenvalue weighted by Gasteiger charge is 2.27. The van der Waals surface area contributed by atoms with E-state index in [9.17, 15) is 4.79 Å². The topological polar surface area (TPSA) is 32.8 Å². The predicted octanol–water partition coefficient (Wildman–Crippen LogP) is 3.30. The zero-order chi connectivity index (χ0) is 14.1. The summed E-state index contributed by atoms with van der Waals surface area (Å²) in [4.78, 5) is 15.9. The molecule has 1 heterocycles. The number of hydrogen-bond donors (Lipinski definition) is 0. The van der Waals surface area contributed by atoms with Crippen LogP contribution in [0.2, 0.25) is 0 Å². The molecule has 1 aliphatic heterocycles. The third-order valence-electron chi connectivity index (χ3n) is 3.47. The second kappa shape index (κ2) is 8.83. The Kier molecular flexibility index (Phi) is 7.38. The molecule has 0 saturated carbocycles. The van der Waals surface area contributed by atoms with Gasteiger partial charge in [0.1, 0.15) is 0 Å². The average Bonchev–Trinajstić information content (AvgIpc) is 2.80. The number of esters is 1. The number of carbonyl (C=O) groups excluding carboxylic acids is 1. The third-order valence-corrected chi connectivity index (χ3v) is 3.47. The van der Waals surface area contributed by atoms with Gasteiger partial charge in [0.15, 0.2) is 0 Å². The Hall–Kier alpha value is -1.19. The van der Waals surface area contributed by atoms with Crippen molar-refractivity contribution in [3.8, 4) is 0 Å². The number of hydrogen-bond acceptors (Lipinski definition) is 4. The standard InChI is InChI=1S/C15H28N2O2/c1-4-7-8-9-10-11-14(18)19-15-16(5-2)12-13-17(15)6-3/h12-13,15H,4-11H2,1-3H3. The summed E-state index contributed by atoms with van der Waals surface area (Å²) >= 11 is 0. The van der Waals surface area contributed by atoms with E-state index in [1.807, 2.05) is 22.2 Å². The van der Waals surface area contributed by atoms with E-state index in [0.29, 0.717) is 6.42 Å².